The molecule has 180 valence electrons. The summed E-state index contributed by atoms with van der Waals surface area (Å²) in [5, 5.41) is 49.9. The van der Waals surface area contributed by atoms with E-state index < -0.39 is 76.4 Å². The molecule has 0 spiro atoms. The van der Waals surface area contributed by atoms with E-state index in [1.165, 1.54) is 0 Å². The minimum atomic E-state index is -2.17. The van der Waals surface area contributed by atoms with Crippen molar-refractivity contribution in [1.29, 1.82) is 0 Å². The monoisotopic (exact) mass is 553 g/mol. The second-order valence-electron chi connectivity index (χ2n) is 7.16. The van der Waals surface area contributed by atoms with Gasteiger partial charge in [-0.05, 0) is 0 Å². The Balaban J connectivity index is 2.80. The first-order valence-corrected chi connectivity index (χ1v) is 12.1. The zero-order chi connectivity index (χ0) is 22.7. The average molecular weight is 553 g/mol. The summed E-state index contributed by atoms with van der Waals surface area (Å²) in [4.78, 5) is 11.9. The number of carbonyl (C=O) groups is 1. The normalized spacial score (nSPS) is 29.3. The van der Waals surface area contributed by atoms with Crippen molar-refractivity contribution in [3.8, 4) is 0 Å². The van der Waals surface area contributed by atoms with E-state index in [2.05, 4.69) is 0 Å². The molecule has 1 saturated heterocycles. The summed E-state index contributed by atoms with van der Waals surface area (Å²) in [5.74, 6) is -4.31. The predicted octanol–water partition coefficient (Wildman–Crippen LogP) is -4.64. The molecule has 6 atom stereocenters. The number of hydrogen-bond acceptors (Lipinski definition) is 10. The van der Waals surface area contributed by atoms with Crippen molar-refractivity contribution in [1.82, 2.24) is 0 Å². The SMILES string of the molecule is COCCOCCO[I-]C[C@H]1C([C@H](O)[C@H](O)CO)O[C@@](OC(C)C)(C(=O)O)C[C@H]1O. The van der Waals surface area contributed by atoms with Gasteiger partial charge in [0.1, 0.15) is 0 Å². The average Bonchev–Trinajstić information content (AvgIpc) is 2.69. The number of hydrogen-bond donors (Lipinski definition) is 5. The standard InChI is InChI=1S/C18H34IO11/c1-11(2)29-18(17(24)25)8-13(21)12(16(30-18)15(23)14(22)10-20)9-19-28-7-6-27-5-4-26-3/h11-16,20-23H,4-10H2,1-3H3,(H,24,25)/q-1/t12-,13-,14-,15-,16?,18-/m1/s1. The van der Waals surface area contributed by atoms with Crippen LogP contribution in [0.1, 0.15) is 20.3 Å². The number of alkyl halides is 1. The Morgan fingerprint density at radius 1 is 1.23 bits per heavy atom. The van der Waals surface area contributed by atoms with Crippen molar-refractivity contribution in [2.24, 2.45) is 5.92 Å². The number of aliphatic hydroxyl groups is 4. The third-order valence-corrected chi connectivity index (χ3v) is 6.70. The molecule has 0 bridgehead atoms. The fraction of sp³-hybridized carbons (Fsp3) is 0.944. The second-order valence-corrected chi connectivity index (χ2v) is 9.29. The molecule has 11 nitrogen and oxygen atoms in total. The van der Waals surface area contributed by atoms with Gasteiger partial charge in [0.15, 0.2) is 0 Å². The Morgan fingerprint density at radius 2 is 1.90 bits per heavy atom. The molecule has 0 aliphatic carbocycles. The van der Waals surface area contributed by atoms with Gasteiger partial charge in [0.2, 0.25) is 0 Å². The number of aliphatic carboxylic acids is 1. The zero-order valence-corrected chi connectivity index (χ0v) is 19.6. The molecule has 30 heavy (non-hydrogen) atoms. The van der Waals surface area contributed by atoms with Crippen LogP contribution in [0.25, 0.3) is 0 Å². The number of carboxylic acid groups (broad SMARTS) is 1. The number of carboxylic acids is 1. The molecule has 0 aromatic carbocycles. The van der Waals surface area contributed by atoms with Gasteiger partial charge in [-0.2, -0.15) is 0 Å². The van der Waals surface area contributed by atoms with E-state index in [1.807, 2.05) is 0 Å². The van der Waals surface area contributed by atoms with Gasteiger partial charge in [-0.1, -0.05) is 0 Å². The summed E-state index contributed by atoms with van der Waals surface area (Å²) >= 11 is -0.890. The van der Waals surface area contributed by atoms with Crippen molar-refractivity contribution in [3.63, 3.8) is 0 Å². The van der Waals surface area contributed by atoms with E-state index in [-0.39, 0.29) is 6.42 Å². The number of halogens is 1. The Hall–Kier alpha value is -0.160. The predicted molar refractivity (Wildman–Crippen MR) is 98.2 cm³/mol. The summed E-state index contributed by atoms with van der Waals surface area (Å²) in [6, 6.07) is 0. The maximum absolute atomic E-state index is 11.9. The molecule has 0 amide bonds. The number of methoxy groups -OCH3 is 1. The van der Waals surface area contributed by atoms with Gasteiger partial charge in [0.05, 0.1) is 0 Å². The van der Waals surface area contributed by atoms with E-state index in [9.17, 15) is 30.3 Å². The van der Waals surface area contributed by atoms with Crippen LogP contribution in [0, 0.1) is 5.92 Å². The minimum absolute atomic E-state index is 0.329. The number of rotatable bonds is 15. The van der Waals surface area contributed by atoms with Crippen LogP contribution < -0.4 is 21.6 Å². The van der Waals surface area contributed by atoms with E-state index in [1.54, 1.807) is 21.0 Å². The Morgan fingerprint density at radius 3 is 2.47 bits per heavy atom. The number of ether oxygens (including phenoxy) is 4. The van der Waals surface area contributed by atoms with E-state index >= 15 is 0 Å². The van der Waals surface area contributed by atoms with E-state index in [0.717, 1.165) is 0 Å². The molecule has 1 heterocycles. The van der Waals surface area contributed by atoms with Crippen molar-refractivity contribution in [2.45, 2.75) is 56.6 Å². The molecule has 1 fully saturated rings. The third kappa shape index (κ3) is 8.41. The van der Waals surface area contributed by atoms with Gasteiger partial charge in [-0.25, -0.2) is 0 Å². The van der Waals surface area contributed by atoms with Crippen LogP contribution in [0.15, 0.2) is 0 Å². The molecule has 0 aromatic heterocycles. The Labute approximate surface area is 187 Å². The first-order chi connectivity index (χ1) is 14.2. The van der Waals surface area contributed by atoms with Gasteiger partial charge >= 0.3 is 187 Å². The van der Waals surface area contributed by atoms with Crippen LogP contribution in [-0.2, 0) is 26.8 Å². The Bertz CT molecular complexity index is 495. The van der Waals surface area contributed by atoms with E-state index in [4.69, 9.17) is 22.0 Å². The molecule has 5 N–H and O–H groups in total. The van der Waals surface area contributed by atoms with Gasteiger partial charge in [-0.15, -0.1) is 0 Å². The van der Waals surface area contributed by atoms with Gasteiger partial charge in [0, 0.05) is 0 Å². The molecular weight excluding hydrogens is 519 g/mol. The summed E-state index contributed by atoms with van der Waals surface area (Å²) in [5.41, 5.74) is 0. The van der Waals surface area contributed by atoms with Crippen LogP contribution in [0.4, 0.5) is 0 Å². The third-order valence-electron chi connectivity index (χ3n) is 4.45. The first kappa shape index (κ1) is 27.9. The van der Waals surface area contributed by atoms with E-state index in [0.29, 0.717) is 30.9 Å². The van der Waals surface area contributed by atoms with Crippen LogP contribution in [0.2, 0.25) is 0 Å². The van der Waals surface area contributed by atoms with Gasteiger partial charge in [-0.3, -0.25) is 0 Å². The summed E-state index contributed by atoms with van der Waals surface area (Å²) in [7, 11) is 1.58. The van der Waals surface area contributed by atoms with Gasteiger partial charge < -0.3 is 0 Å². The van der Waals surface area contributed by atoms with Crippen LogP contribution in [0.5, 0.6) is 0 Å². The summed E-state index contributed by atoms with van der Waals surface area (Å²) in [6.07, 6.45) is -6.51. The molecule has 12 heteroatoms. The summed E-state index contributed by atoms with van der Waals surface area (Å²) < 4.78 is 27.2. The number of aliphatic hydroxyl groups excluding tert-OH is 4. The summed E-state index contributed by atoms with van der Waals surface area (Å²) in [6.45, 7) is 4.16. The maximum atomic E-state index is 11.9. The van der Waals surface area contributed by atoms with Crippen LogP contribution >= 0.6 is 0 Å². The zero-order valence-electron chi connectivity index (χ0n) is 17.5. The molecule has 0 aromatic rings. The molecule has 0 saturated carbocycles. The van der Waals surface area contributed by atoms with Gasteiger partial charge in [0.25, 0.3) is 0 Å². The fourth-order valence-corrected chi connectivity index (χ4v) is 5.24. The molecule has 1 unspecified atom stereocenters. The molecular formula is C18H34IO11-. The van der Waals surface area contributed by atoms with Crippen molar-refractivity contribution in [2.75, 3.05) is 44.6 Å². The molecule has 1 rings (SSSR count). The molecule has 1 aliphatic rings. The topological polar surface area (TPSA) is 164 Å². The second kappa shape index (κ2) is 14.1. The van der Waals surface area contributed by atoms with Crippen molar-refractivity contribution >= 4 is 5.97 Å². The first-order valence-electron chi connectivity index (χ1n) is 9.70. The van der Waals surface area contributed by atoms with Crippen LogP contribution in [0.3, 0.4) is 0 Å². The fourth-order valence-electron chi connectivity index (χ4n) is 2.99. The molecule has 1 aliphatic heterocycles. The Kier molecular flexibility index (Phi) is 13.1. The van der Waals surface area contributed by atoms with Crippen molar-refractivity contribution in [3.05, 3.63) is 0 Å². The quantitative estimate of drug-likeness (QED) is 0.0753. The molecule has 0 radical (unpaired) electrons. The van der Waals surface area contributed by atoms with Crippen LogP contribution in [-0.4, -0.2) is 112 Å². The van der Waals surface area contributed by atoms with Crippen molar-refractivity contribution < 1.29 is 74.0 Å².